The Morgan fingerprint density at radius 2 is 2.10 bits per heavy atom. The number of para-hydroxylation sites is 1. The third kappa shape index (κ3) is 2.94. The van der Waals surface area contributed by atoms with E-state index in [0.29, 0.717) is 5.02 Å². The highest BCUT2D eigenvalue weighted by Crippen LogP contribution is 2.44. The van der Waals surface area contributed by atoms with E-state index >= 15 is 0 Å². The van der Waals surface area contributed by atoms with E-state index in [9.17, 15) is 0 Å². The Morgan fingerprint density at radius 3 is 2.81 bits per heavy atom. The molecule has 0 fully saturated rings. The average Bonchev–Trinajstić information content (AvgIpc) is 2.89. The van der Waals surface area contributed by atoms with Gasteiger partial charge in [-0.25, -0.2) is 0 Å². The molecule has 2 unspecified atom stereocenters. The number of hydrogen-bond acceptors (Lipinski definition) is 2. The molecule has 0 saturated carbocycles. The molecular weight excluding hydrogens is 419 g/mol. The van der Waals surface area contributed by atoms with E-state index in [1.807, 2.05) is 30.3 Å². The maximum atomic E-state index is 6.17. The number of methoxy groups -OCH3 is 1. The molecule has 0 bridgehead atoms. The predicted octanol–water partition coefficient (Wildman–Crippen LogP) is 5.55. The van der Waals surface area contributed by atoms with Crippen molar-refractivity contribution in [1.29, 1.82) is 0 Å². The zero-order chi connectivity index (χ0) is 15.0. The second kappa shape index (κ2) is 6.19. The summed E-state index contributed by atoms with van der Waals surface area (Å²) in [7, 11) is 1.65. The maximum absolute atomic E-state index is 6.17. The van der Waals surface area contributed by atoms with E-state index in [4.69, 9.17) is 21.1 Å². The molecule has 3 rings (SSSR count). The summed E-state index contributed by atoms with van der Waals surface area (Å²) in [6.45, 7) is 0. The zero-order valence-electron chi connectivity index (χ0n) is 11.3. The summed E-state index contributed by atoms with van der Waals surface area (Å²) in [4.78, 5) is -0.00477. The molecule has 2 aromatic rings. The minimum Gasteiger partial charge on any atom is -0.495 e. The molecule has 2 atom stereocenters. The normalized spacial score (nSPS) is 18.0. The summed E-state index contributed by atoms with van der Waals surface area (Å²) in [6, 6.07) is 11.9. The van der Waals surface area contributed by atoms with Gasteiger partial charge in [0.05, 0.1) is 16.4 Å². The maximum Gasteiger partial charge on any atom is 0.137 e. The fourth-order valence-corrected chi connectivity index (χ4v) is 4.20. The van der Waals surface area contributed by atoms with Crippen molar-refractivity contribution >= 4 is 43.5 Å². The van der Waals surface area contributed by atoms with Crippen LogP contribution in [-0.4, -0.2) is 13.2 Å². The van der Waals surface area contributed by atoms with Crippen LogP contribution in [-0.2, 0) is 6.42 Å². The molecule has 0 aliphatic carbocycles. The van der Waals surface area contributed by atoms with Crippen LogP contribution in [0, 0.1) is 0 Å². The van der Waals surface area contributed by atoms with Crippen molar-refractivity contribution in [2.75, 3.05) is 7.11 Å². The van der Waals surface area contributed by atoms with Crippen LogP contribution in [0.2, 0.25) is 5.02 Å². The lowest BCUT2D eigenvalue weighted by atomic mass is 10.0. The van der Waals surface area contributed by atoms with Gasteiger partial charge < -0.3 is 9.47 Å². The highest BCUT2D eigenvalue weighted by atomic mass is 79.9. The molecular formula is C16H13Br2ClO2. The topological polar surface area (TPSA) is 18.5 Å². The van der Waals surface area contributed by atoms with E-state index in [0.717, 1.165) is 28.0 Å². The summed E-state index contributed by atoms with van der Waals surface area (Å²) >= 11 is 13.4. The second-order valence-electron chi connectivity index (χ2n) is 4.88. The van der Waals surface area contributed by atoms with E-state index < -0.39 is 0 Å². The minimum absolute atomic E-state index is 0.00477. The molecule has 0 amide bonds. The van der Waals surface area contributed by atoms with E-state index in [1.165, 1.54) is 5.56 Å². The monoisotopic (exact) mass is 430 g/mol. The Kier molecular flexibility index (Phi) is 4.48. The van der Waals surface area contributed by atoms with Gasteiger partial charge in [0.2, 0.25) is 0 Å². The summed E-state index contributed by atoms with van der Waals surface area (Å²) in [5.41, 5.74) is 2.21. The molecule has 0 radical (unpaired) electrons. The molecule has 0 spiro atoms. The number of halogens is 3. The standard InChI is InChI=1S/C16H13Br2ClO2/c1-20-16-11(7-10(19)8-12(16)17)15(18)14-6-9-4-2-3-5-13(9)21-14/h2-5,7-8,14-15H,6H2,1H3. The number of rotatable bonds is 3. The molecule has 1 heterocycles. The van der Waals surface area contributed by atoms with Crippen molar-refractivity contribution in [3.63, 3.8) is 0 Å². The first-order valence-electron chi connectivity index (χ1n) is 6.51. The van der Waals surface area contributed by atoms with Crippen LogP contribution in [0.4, 0.5) is 0 Å². The van der Waals surface area contributed by atoms with Crippen molar-refractivity contribution < 1.29 is 9.47 Å². The Labute approximate surface area is 145 Å². The van der Waals surface area contributed by atoms with Gasteiger partial charge in [0.25, 0.3) is 0 Å². The first-order chi connectivity index (χ1) is 10.1. The van der Waals surface area contributed by atoms with Crippen molar-refractivity contribution in [1.82, 2.24) is 0 Å². The molecule has 110 valence electrons. The molecule has 1 aliphatic heterocycles. The van der Waals surface area contributed by atoms with E-state index in [2.05, 4.69) is 37.9 Å². The lowest BCUT2D eigenvalue weighted by molar-refractivity contribution is 0.230. The Hall–Kier alpha value is -0.710. The van der Waals surface area contributed by atoms with Gasteiger partial charge in [0, 0.05) is 17.0 Å². The van der Waals surface area contributed by atoms with Gasteiger partial charge in [-0.05, 0) is 39.7 Å². The fraction of sp³-hybridized carbons (Fsp3) is 0.250. The van der Waals surface area contributed by atoms with E-state index in [-0.39, 0.29) is 10.9 Å². The van der Waals surface area contributed by atoms with Crippen LogP contribution < -0.4 is 9.47 Å². The van der Waals surface area contributed by atoms with Crippen LogP contribution in [0.5, 0.6) is 11.5 Å². The summed E-state index contributed by atoms with van der Waals surface area (Å²) in [6.07, 6.45) is 0.876. The largest absolute Gasteiger partial charge is 0.495 e. The zero-order valence-corrected chi connectivity index (χ0v) is 15.2. The molecule has 0 N–H and O–H groups in total. The Morgan fingerprint density at radius 1 is 1.33 bits per heavy atom. The molecule has 5 heteroatoms. The van der Waals surface area contributed by atoms with Gasteiger partial charge in [-0.3, -0.25) is 0 Å². The van der Waals surface area contributed by atoms with E-state index in [1.54, 1.807) is 7.11 Å². The van der Waals surface area contributed by atoms with Gasteiger partial charge in [-0.15, -0.1) is 0 Å². The van der Waals surface area contributed by atoms with Crippen molar-refractivity contribution in [2.45, 2.75) is 17.4 Å². The van der Waals surface area contributed by atoms with Crippen LogP contribution in [0.1, 0.15) is 16.0 Å². The van der Waals surface area contributed by atoms with Gasteiger partial charge >= 0.3 is 0 Å². The third-order valence-electron chi connectivity index (χ3n) is 3.54. The van der Waals surface area contributed by atoms with Gasteiger partial charge in [-0.1, -0.05) is 45.7 Å². The Balaban J connectivity index is 1.92. The van der Waals surface area contributed by atoms with Crippen LogP contribution >= 0.6 is 43.5 Å². The first kappa shape index (κ1) is 15.2. The SMILES string of the molecule is COc1c(Br)cc(Cl)cc1C(Br)C1Cc2ccccc2O1. The number of ether oxygens (including phenoxy) is 2. The second-order valence-corrected chi connectivity index (χ2v) is 7.16. The van der Waals surface area contributed by atoms with Crippen molar-refractivity contribution in [3.8, 4) is 11.5 Å². The molecule has 2 nitrogen and oxygen atoms in total. The third-order valence-corrected chi connectivity index (χ3v) is 5.43. The average molecular weight is 433 g/mol. The summed E-state index contributed by atoms with van der Waals surface area (Å²) in [5.74, 6) is 1.73. The first-order valence-corrected chi connectivity index (χ1v) is 8.60. The van der Waals surface area contributed by atoms with Crippen molar-refractivity contribution in [3.05, 3.63) is 57.0 Å². The van der Waals surface area contributed by atoms with Gasteiger partial charge in [0.15, 0.2) is 0 Å². The highest BCUT2D eigenvalue weighted by molar-refractivity contribution is 9.10. The van der Waals surface area contributed by atoms with Crippen LogP contribution in [0.15, 0.2) is 40.9 Å². The summed E-state index contributed by atoms with van der Waals surface area (Å²) in [5, 5.41) is 0.664. The molecule has 21 heavy (non-hydrogen) atoms. The number of alkyl halides is 1. The minimum atomic E-state index is -0.00477. The molecule has 0 saturated heterocycles. The lowest BCUT2D eigenvalue weighted by Crippen LogP contribution is -2.19. The summed E-state index contributed by atoms with van der Waals surface area (Å²) < 4.78 is 12.4. The van der Waals surface area contributed by atoms with Crippen LogP contribution in [0.3, 0.4) is 0 Å². The Bertz CT molecular complexity index is 650. The van der Waals surface area contributed by atoms with Gasteiger partial charge in [-0.2, -0.15) is 0 Å². The number of benzene rings is 2. The number of fused-ring (bicyclic) bond motifs is 1. The number of hydrogen-bond donors (Lipinski definition) is 0. The molecule has 1 aliphatic rings. The lowest BCUT2D eigenvalue weighted by Gasteiger charge is -2.21. The van der Waals surface area contributed by atoms with Crippen LogP contribution in [0.25, 0.3) is 0 Å². The smallest absolute Gasteiger partial charge is 0.137 e. The highest BCUT2D eigenvalue weighted by Gasteiger charge is 2.32. The fourth-order valence-electron chi connectivity index (χ4n) is 2.57. The van der Waals surface area contributed by atoms with Crippen molar-refractivity contribution in [2.24, 2.45) is 0 Å². The quantitative estimate of drug-likeness (QED) is 0.592. The molecule has 2 aromatic carbocycles. The predicted molar refractivity (Wildman–Crippen MR) is 91.9 cm³/mol. The van der Waals surface area contributed by atoms with Gasteiger partial charge in [0.1, 0.15) is 17.6 Å². The molecule has 0 aromatic heterocycles.